The van der Waals surface area contributed by atoms with Crippen molar-refractivity contribution in [3.63, 3.8) is 0 Å². The van der Waals surface area contributed by atoms with E-state index in [0.29, 0.717) is 37.8 Å². The normalized spacial score (nSPS) is 25.8. The summed E-state index contributed by atoms with van der Waals surface area (Å²) in [6.07, 6.45) is 18.0. The molecule has 66 heavy (non-hydrogen) atoms. The van der Waals surface area contributed by atoms with Gasteiger partial charge in [-0.1, -0.05) is 48.2 Å². The van der Waals surface area contributed by atoms with Gasteiger partial charge >= 0.3 is 12.2 Å². The van der Waals surface area contributed by atoms with E-state index >= 15 is 0 Å². The Morgan fingerprint density at radius 1 is 0.545 bits per heavy atom. The van der Waals surface area contributed by atoms with E-state index in [1.165, 1.54) is 24.3 Å². The van der Waals surface area contributed by atoms with Crippen LogP contribution in [0.1, 0.15) is 84.0 Å². The highest BCUT2D eigenvalue weighted by molar-refractivity contribution is 5.71. The lowest BCUT2D eigenvalue weighted by Crippen LogP contribution is -2.51. The molecule has 0 radical (unpaired) electrons. The van der Waals surface area contributed by atoms with Crippen molar-refractivity contribution in [1.29, 1.82) is 0 Å². The zero-order valence-corrected chi connectivity index (χ0v) is 37.5. The monoisotopic (exact) mass is 896 g/mol. The van der Waals surface area contributed by atoms with Crippen LogP contribution < -0.4 is 9.47 Å². The van der Waals surface area contributed by atoms with Gasteiger partial charge in [0.25, 0.3) is 0 Å². The van der Waals surface area contributed by atoms with Gasteiger partial charge in [0.1, 0.15) is 36.3 Å². The number of hydrogen-bond donors (Lipinski definition) is 0. The Morgan fingerprint density at radius 3 is 1.26 bits per heavy atom. The first-order valence-electron chi connectivity index (χ1n) is 23.3. The fourth-order valence-electron chi connectivity index (χ4n) is 10.8. The third kappa shape index (κ3) is 9.87. The first-order chi connectivity index (χ1) is 32.1. The van der Waals surface area contributed by atoms with Crippen LogP contribution in [0.3, 0.4) is 0 Å². The number of nitrogens with zero attached hydrogens (tertiary/aromatic N) is 4. The Balaban J connectivity index is 0.000000166. The minimum Gasteiger partial charge on any atom is -0.481 e. The van der Waals surface area contributed by atoms with E-state index in [9.17, 15) is 18.4 Å². The van der Waals surface area contributed by atoms with Gasteiger partial charge < -0.3 is 28.7 Å². The van der Waals surface area contributed by atoms with Crippen molar-refractivity contribution in [1.82, 2.24) is 19.6 Å². The third-order valence-electron chi connectivity index (χ3n) is 14.9. The summed E-state index contributed by atoms with van der Waals surface area (Å²) < 4.78 is 50.6. The molecule has 344 valence electrons. The van der Waals surface area contributed by atoms with Crippen molar-refractivity contribution in [2.24, 2.45) is 10.8 Å². The van der Waals surface area contributed by atoms with Crippen molar-refractivity contribution in [2.75, 3.05) is 78.8 Å². The molecular formula is C54H58F2N4O6. The number of hydrogen-bond acceptors (Lipinski definition) is 8. The maximum Gasteiger partial charge on any atom is 0.410 e. The fraction of sp³-hybridized carbons (Fsp3) is 0.444. The summed E-state index contributed by atoms with van der Waals surface area (Å²) in [6.45, 7) is 8.89. The Morgan fingerprint density at radius 2 is 0.909 bits per heavy atom. The van der Waals surface area contributed by atoms with Gasteiger partial charge in [-0.25, -0.2) is 18.4 Å². The van der Waals surface area contributed by atoms with Crippen LogP contribution in [0, 0.1) is 47.2 Å². The Kier molecular flexibility index (Phi) is 13.5. The molecule has 0 aromatic heterocycles. The molecule has 0 saturated carbocycles. The largest absolute Gasteiger partial charge is 0.481 e. The average Bonchev–Trinajstić information content (AvgIpc) is 3.37. The number of terminal acetylenes is 2. The van der Waals surface area contributed by atoms with E-state index in [0.717, 1.165) is 124 Å². The van der Waals surface area contributed by atoms with Crippen LogP contribution in [0.5, 0.6) is 11.5 Å². The Hall–Kier alpha value is -6.08. The van der Waals surface area contributed by atoms with Gasteiger partial charge in [0.05, 0.1) is 25.3 Å². The number of carbonyl (C=O) groups is 2. The van der Waals surface area contributed by atoms with E-state index in [1.807, 2.05) is 36.4 Å². The molecule has 2 amide bonds. The second kappa shape index (κ2) is 19.8. The first kappa shape index (κ1) is 45.1. The Bertz CT molecular complexity index is 2250. The van der Waals surface area contributed by atoms with Crippen LogP contribution in [0.2, 0.25) is 0 Å². The van der Waals surface area contributed by atoms with Crippen molar-refractivity contribution in [2.45, 2.75) is 63.5 Å². The van der Waals surface area contributed by atoms with Crippen molar-refractivity contribution in [3.05, 3.63) is 130 Å². The smallest absolute Gasteiger partial charge is 0.410 e. The molecule has 12 heteroatoms. The molecule has 6 saturated heterocycles. The van der Waals surface area contributed by atoms with E-state index < -0.39 is 0 Å². The molecule has 0 aliphatic carbocycles. The average molecular weight is 897 g/mol. The summed E-state index contributed by atoms with van der Waals surface area (Å²) in [5, 5.41) is 0. The maximum absolute atomic E-state index is 13.7. The van der Waals surface area contributed by atoms with Crippen LogP contribution in [-0.2, 0) is 22.3 Å². The lowest BCUT2D eigenvalue weighted by atomic mass is 9.73. The molecule has 0 spiro atoms. The highest BCUT2D eigenvalue weighted by atomic mass is 19.1. The van der Waals surface area contributed by atoms with E-state index in [4.69, 9.17) is 31.8 Å². The lowest BCUT2D eigenvalue weighted by molar-refractivity contribution is -0.0301. The SMILES string of the molecule is C#CCOc1ccc2c(c1)[C@@H](c1ccc(F)cc1)N(C(=O)OCC13CCN(CC1)CC3)CC2.C#CCOc1ccc2c(c1)[C@H](c1ccc(F)cc1)N(C(=O)OCC13CCN(CC1)CC3)CC2. The number of benzene rings is 4. The van der Waals surface area contributed by atoms with Crippen molar-refractivity contribution < 1.29 is 37.3 Å². The summed E-state index contributed by atoms with van der Waals surface area (Å²) in [5.41, 5.74) is 6.10. The van der Waals surface area contributed by atoms with E-state index in [-0.39, 0.29) is 59.9 Å². The molecule has 12 rings (SSSR count). The maximum atomic E-state index is 13.7. The number of amides is 2. The molecule has 0 N–H and O–H groups in total. The van der Waals surface area contributed by atoms with Crippen LogP contribution in [0.15, 0.2) is 84.9 Å². The van der Waals surface area contributed by atoms with Crippen molar-refractivity contribution >= 4 is 12.2 Å². The number of carbonyl (C=O) groups excluding carboxylic acids is 2. The first-order valence-corrected chi connectivity index (χ1v) is 23.3. The van der Waals surface area contributed by atoms with E-state index in [1.54, 1.807) is 34.1 Å². The summed E-state index contributed by atoms with van der Waals surface area (Å²) in [5.74, 6) is 5.66. The van der Waals surface area contributed by atoms with Gasteiger partial charge in [-0.05, 0) is 173 Å². The molecule has 10 nitrogen and oxygen atoms in total. The van der Waals surface area contributed by atoms with Crippen LogP contribution in [0.4, 0.5) is 18.4 Å². The topological polar surface area (TPSA) is 84.0 Å². The highest BCUT2D eigenvalue weighted by Crippen LogP contribution is 2.44. The van der Waals surface area contributed by atoms with Crippen LogP contribution >= 0.6 is 0 Å². The van der Waals surface area contributed by atoms with Gasteiger partial charge in [0.2, 0.25) is 0 Å². The summed E-state index contributed by atoms with van der Waals surface area (Å²) in [7, 11) is 0. The zero-order chi connectivity index (χ0) is 45.7. The second-order valence-corrected chi connectivity index (χ2v) is 18.8. The zero-order valence-electron chi connectivity index (χ0n) is 37.5. The highest BCUT2D eigenvalue weighted by Gasteiger charge is 2.43. The minimum atomic E-state index is -0.373. The lowest BCUT2D eigenvalue weighted by Gasteiger charge is -2.48. The number of halogens is 2. The van der Waals surface area contributed by atoms with Gasteiger partial charge in [0, 0.05) is 23.9 Å². The predicted octanol–water partition coefficient (Wildman–Crippen LogP) is 8.82. The summed E-state index contributed by atoms with van der Waals surface area (Å²) in [6, 6.07) is 23.7. The molecule has 8 heterocycles. The van der Waals surface area contributed by atoms with Gasteiger partial charge in [0.15, 0.2) is 0 Å². The third-order valence-corrected chi connectivity index (χ3v) is 14.9. The molecule has 4 bridgehead atoms. The number of piperidine rings is 6. The summed E-state index contributed by atoms with van der Waals surface area (Å²) >= 11 is 0. The number of fused-ring (bicyclic) bond motifs is 8. The second-order valence-electron chi connectivity index (χ2n) is 18.8. The van der Waals surface area contributed by atoms with Gasteiger partial charge in [-0.2, -0.15) is 0 Å². The molecule has 4 aromatic rings. The molecule has 2 atom stereocenters. The Labute approximate surface area is 387 Å². The predicted molar refractivity (Wildman–Crippen MR) is 247 cm³/mol. The number of ether oxygens (including phenoxy) is 4. The molecule has 6 fully saturated rings. The minimum absolute atomic E-state index is 0.111. The molecule has 8 aliphatic rings. The number of rotatable bonds is 10. The molecular weight excluding hydrogens is 839 g/mol. The quantitative estimate of drug-likeness (QED) is 0.146. The summed E-state index contributed by atoms with van der Waals surface area (Å²) in [4.78, 5) is 35.3. The van der Waals surface area contributed by atoms with Gasteiger partial charge in [-0.15, -0.1) is 12.8 Å². The molecule has 4 aromatic carbocycles. The molecule has 0 unspecified atom stereocenters. The standard InChI is InChI=1S/2C27H29FN2O3/c2*1-2-17-32-23-8-5-20-9-13-30(25(24(20)18-23)21-3-6-22(28)7-4-21)26(31)33-19-27-10-14-29(15-11-27)16-12-27/h2*1,3-8,18,25H,9-17,19H2/t2*25-/m10/s1. The van der Waals surface area contributed by atoms with Crippen molar-refractivity contribution in [3.8, 4) is 36.2 Å². The fourth-order valence-corrected chi connectivity index (χ4v) is 10.8. The van der Waals surface area contributed by atoms with E-state index in [2.05, 4.69) is 21.6 Å². The van der Waals surface area contributed by atoms with Crippen LogP contribution in [0.25, 0.3) is 0 Å². The van der Waals surface area contributed by atoms with Gasteiger partial charge in [-0.3, -0.25) is 9.80 Å². The molecule has 8 aliphatic heterocycles. The van der Waals surface area contributed by atoms with Crippen LogP contribution in [-0.4, -0.2) is 111 Å².